The fourth-order valence-electron chi connectivity index (χ4n) is 1.11. The van der Waals surface area contributed by atoms with Crippen LogP contribution in [-0.2, 0) is 14.3 Å². The molecule has 1 saturated carbocycles. The molecule has 1 aliphatic heterocycles. The SMILES string of the molecule is NC1CC1NC(=O)C1=COCCO1. The predicted octanol–water partition coefficient (Wildman–Crippen LogP) is -0.910. The number of hydrogen-bond donors (Lipinski definition) is 2. The molecule has 0 saturated heterocycles. The quantitative estimate of drug-likeness (QED) is 0.582. The van der Waals surface area contributed by atoms with Crippen molar-refractivity contribution in [3.05, 3.63) is 12.0 Å². The van der Waals surface area contributed by atoms with E-state index >= 15 is 0 Å². The summed E-state index contributed by atoms with van der Waals surface area (Å²) in [4.78, 5) is 11.4. The standard InChI is InChI=1S/C8H12N2O3/c9-5-3-6(5)10-8(11)7-4-12-1-2-13-7/h4-6H,1-3,9H2,(H,10,11). The number of hydrogen-bond acceptors (Lipinski definition) is 4. The Hall–Kier alpha value is -1.23. The molecule has 1 fully saturated rings. The summed E-state index contributed by atoms with van der Waals surface area (Å²) in [5.41, 5.74) is 5.54. The molecule has 2 atom stereocenters. The van der Waals surface area contributed by atoms with Gasteiger partial charge in [0.15, 0.2) is 0 Å². The van der Waals surface area contributed by atoms with Gasteiger partial charge in [-0.3, -0.25) is 4.79 Å². The summed E-state index contributed by atoms with van der Waals surface area (Å²) < 4.78 is 10.0. The number of nitrogens with one attached hydrogen (secondary N) is 1. The van der Waals surface area contributed by atoms with Gasteiger partial charge in [0.2, 0.25) is 5.76 Å². The van der Waals surface area contributed by atoms with Crippen molar-refractivity contribution in [3.8, 4) is 0 Å². The van der Waals surface area contributed by atoms with Crippen LogP contribution in [0.25, 0.3) is 0 Å². The van der Waals surface area contributed by atoms with Gasteiger partial charge in [-0.2, -0.15) is 0 Å². The van der Waals surface area contributed by atoms with Crippen molar-refractivity contribution < 1.29 is 14.3 Å². The fourth-order valence-corrected chi connectivity index (χ4v) is 1.11. The minimum absolute atomic E-state index is 0.106. The lowest BCUT2D eigenvalue weighted by Gasteiger charge is -2.14. The summed E-state index contributed by atoms with van der Waals surface area (Å²) in [5.74, 6) is 0.00278. The van der Waals surface area contributed by atoms with Gasteiger partial charge in [-0.1, -0.05) is 0 Å². The van der Waals surface area contributed by atoms with Crippen LogP contribution in [-0.4, -0.2) is 31.2 Å². The van der Waals surface area contributed by atoms with E-state index in [1.807, 2.05) is 0 Å². The molecule has 0 aromatic heterocycles. The van der Waals surface area contributed by atoms with E-state index < -0.39 is 0 Å². The molecule has 5 heteroatoms. The maximum Gasteiger partial charge on any atom is 0.289 e. The molecule has 0 aromatic rings. The van der Waals surface area contributed by atoms with Crippen LogP contribution >= 0.6 is 0 Å². The van der Waals surface area contributed by atoms with E-state index in [2.05, 4.69) is 5.32 Å². The molecule has 72 valence electrons. The molecule has 1 heterocycles. The third-order valence-electron chi connectivity index (χ3n) is 2.03. The Balaban J connectivity index is 1.85. The van der Waals surface area contributed by atoms with Gasteiger partial charge in [0.1, 0.15) is 19.5 Å². The van der Waals surface area contributed by atoms with E-state index in [0.29, 0.717) is 13.2 Å². The average molecular weight is 184 g/mol. The Morgan fingerprint density at radius 3 is 2.92 bits per heavy atom. The molecular weight excluding hydrogens is 172 g/mol. The van der Waals surface area contributed by atoms with Crippen LogP contribution in [0.5, 0.6) is 0 Å². The number of carbonyl (C=O) groups is 1. The molecule has 1 amide bonds. The monoisotopic (exact) mass is 184 g/mol. The molecule has 5 nitrogen and oxygen atoms in total. The van der Waals surface area contributed by atoms with Crippen LogP contribution < -0.4 is 11.1 Å². The van der Waals surface area contributed by atoms with Crippen LogP contribution in [0.15, 0.2) is 12.0 Å². The molecule has 0 aromatic carbocycles. The molecule has 3 N–H and O–H groups in total. The molecule has 2 unspecified atom stereocenters. The van der Waals surface area contributed by atoms with Gasteiger partial charge >= 0.3 is 0 Å². The zero-order chi connectivity index (χ0) is 9.26. The first-order valence-corrected chi connectivity index (χ1v) is 4.28. The Kier molecular flexibility index (Phi) is 2.10. The topological polar surface area (TPSA) is 73.6 Å². The van der Waals surface area contributed by atoms with E-state index in [0.717, 1.165) is 6.42 Å². The van der Waals surface area contributed by atoms with E-state index in [4.69, 9.17) is 15.2 Å². The highest BCUT2D eigenvalue weighted by atomic mass is 16.6. The number of rotatable bonds is 2. The van der Waals surface area contributed by atoms with Crippen molar-refractivity contribution in [1.29, 1.82) is 0 Å². The van der Waals surface area contributed by atoms with Crippen LogP contribution in [0.1, 0.15) is 6.42 Å². The second-order valence-corrected chi connectivity index (χ2v) is 3.18. The molecule has 13 heavy (non-hydrogen) atoms. The summed E-state index contributed by atoms with van der Waals surface area (Å²) in [7, 11) is 0. The maximum atomic E-state index is 11.4. The van der Waals surface area contributed by atoms with Crippen molar-refractivity contribution >= 4 is 5.91 Å². The lowest BCUT2D eigenvalue weighted by atomic mass is 10.4. The Morgan fingerprint density at radius 1 is 1.62 bits per heavy atom. The van der Waals surface area contributed by atoms with Gasteiger partial charge in [-0.15, -0.1) is 0 Å². The fraction of sp³-hybridized carbons (Fsp3) is 0.625. The lowest BCUT2D eigenvalue weighted by Crippen LogP contribution is -2.32. The second-order valence-electron chi connectivity index (χ2n) is 3.18. The second kappa shape index (κ2) is 3.26. The van der Waals surface area contributed by atoms with E-state index in [1.165, 1.54) is 6.26 Å². The van der Waals surface area contributed by atoms with E-state index in [9.17, 15) is 4.79 Å². The molecule has 1 aliphatic carbocycles. The van der Waals surface area contributed by atoms with E-state index in [1.54, 1.807) is 0 Å². The zero-order valence-electron chi connectivity index (χ0n) is 7.16. The summed E-state index contributed by atoms with van der Waals surface area (Å²) in [6.07, 6.45) is 2.19. The molecular formula is C8H12N2O3. The Labute approximate surface area is 75.9 Å². The van der Waals surface area contributed by atoms with Crippen LogP contribution in [0.4, 0.5) is 0 Å². The van der Waals surface area contributed by atoms with Crippen LogP contribution in [0, 0.1) is 0 Å². The van der Waals surface area contributed by atoms with Crippen LogP contribution in [0.3, 0.4) is 0 Å². The van der Waals surface area contributed by atoms with Crippen molar-refractivity contribution in [2.45, 2.75) is 18.5 Å². The summed E-state index contributed by atoms with van der Waals surface area (Å²) >= 11 is 0. The molecule has 2 aliphatic rings. The number of nitrogens with two attached hydrogens (primary N) is 1. The minimum Gasteiger partial charge on any atom is -0.494 e. The molecule has 2 rings (SSSR count). The first-order chi connectivity index (χ1) is 6.27. The third kappa shape index (κ3) is 1.92. The first-order valence-electron chi connectivity index (χ1n) is 4.28. The number of carbonyl (C=O) groups excluding carboxylic acids is 1. The van der Waals surface area contributed by atoms with Crippen molar-refractivity contribution in [2.75, 3.05) is 13.2 Å². The summed E-state index contributed by atoms with van der Waals surface area (Å²) in [6, 6.07) is 0.216. The van der Waals surface area contributed by atoms with Crippen molar-refractivity contribution in [1.82, 2.24) is 5.32 Å². The molecule has 0 bridgehead atoms. The predicted molar refractivity (Wildman–Crippen MR) is 44.5 cm³/mol. The number of ether oxygens (including phenoxy) is 2. The smallest absolute Gasteiger partial charge is 0.289 e. The van der Waals surface area contributed by atoms with Gasteiger partial charge in [0.05, 0.1) is 0 Å². The lowest BCUT2D eigenvalue weighted by molar-refractivity contribution is -0.122. The van der Waals surface area contributed by atoms with E-state index in [-0.39, 0.29) is 23.8 Å². The van der Waals surface area contributed by atoms with Gasteiger partial charge in [-0.05, 0) is 6.42 Å². The summed E-state index contributed by atoms with van der Waals surface area (Å²) in [5, 5.41) is 2.74. The highest BCUT2D eigenvalue weighted by molar-refractivity contribution is 5.91. The van der Waals surface area contributed by atoms with Crippen molar-refractivity contribution in [2.24, 2.45) is 5.73 Å². The van der Waals surface area contributed by atoms with Gasteiger partial charge < -0.3 is 20.5 Å². The highest BCUT2D eigenvalue weighted by Crippen LogP contribution is 2.18. The van der Waals surface area contributed by atoms with Crippen LogP contribution in [0.2, 0.25) is 0 Å². The van der Waals surface area contributed by atoms with Gasteiger partial charge in [0, 0.05) is 12.1 Å². The van der Waals surface area contributed by atoms with Gasteiger partial charge in [0.25, 0.3) is 5.91 Å². The largest absolute Gasteiger partial charge is 0.494 e. The van der Waals surface area contributed by atoms with Gasteiger partial charge in [-0.25, -0.2) is 0 Å². The highest BCUT2D eigenvalue weighted by Gasteiger charge is 2.35. The normalized spacial score (nSPS) is 31.0. The maximum absolute atomic E-state index is 11.4. The molecule has 0 spiro atoms. The van der Waals surface area contributed by atoms with Crippen molar-refractivity contribution in [3.63, 3.8) is 0 Å². The minimum atomic E-state index is -0.238. The first kappa shape index (κ1) is 8.37. The molecule has 0 radical (unpaired) electrons. The average Bonchev–Trinajstić information content (AvgIpc) is 2.83. The number of amides is 1. The summed E-state index contributed by atoms with van der Waals surface area (Å²) in [6.45, 7) is 0.926. The Bertz CT molecular complexity index is 252. The zero-order valence-corrected chi connectivity index (χ0v) is 7.16. The third-order valence-corrected chi connectivity index (χ3v) is 2.03. The Morgan fingerprint density at radius 2 is 2.38 bits per heavy atom.